The van der Waals surface area contributed by atoms with Gasteiger partial charge < -0.3 is 10.4 Å². The van der Waals surface area contributed by atoms with Gasteiger partial charge >= 0.3 is 0 Å². The number of nitrogens with one attached hydrogen (secondary N) is 1. The SMILES string of the molecule is C[S@@](=O)c1ccc(CN[C@@H](CO)c2ccccc2F)cc1. The Morgan fingerprint density at radius 2 is 1.86 bits per heavy atom. The smallest absolute Gasteiger partial charge is 0.128 e. The molecule has 2 rings (SSSR count). The maximum atomic E-state index is 13.7. The minimum atomic E-state index is -0.994. The second kappa shape index (κ2) is 7.45. The predicted molar refractivity (Wildman–Crippen MR) is 81.8 cm³/mol. The fourth-order valence-corrected chi connectivity index (χ4v) is 2.59. The minimum Gasteiger partial charge on any atom is -0.394 e. The number of benzene rings is 2. The van der Waals surface area contributed by atoms with Crippen LogP contribution in [0.2, 0.25) is 0 Å². The van der Waals surface area contributed by atoms with Crippen molar-refractivity contribution in [3.05, 3.63) is 65.5 Å². The topological polar surface area (TPSA) is 49.3 Å². The Bertz CT molecular complexity index is 616. The van der Waals surface area contributed by atoms with Crippen LogP contribution in [0.15, 0.2) is 53.4 Å². The van der Waals surface area contributed by atoms with E-state index in [4.69, 9.17) is 0 Å². The van der Waals surface area contributed by atoms with Crippen molar-refractivity contribution < 1.29 is 13.7 Å². The Kier molecular flexibility index (Phi) is 5.61. The van der Waals surface area contributed by atoms with Gasteiger partial charge in [-0.05, 0) is 23.8 Å². The number of halogens is 1. The largest absolute Gasteiger partial charge is 0.394 e. The summed E-state index contributed by atoms with van der Waals surface area (Å²) in [6.07, 6.45) is 1.63. The molecule has 0 aliphatic carbocycles. The van der Waals surface area contributed by atoms with E-state index in [9.17, 15) is 13.7 Å². The third-order valence-corrected chi connectivity index (χ3v) is 4.21. The molecule has 0 fully saturated rings. The second-order valence-electron chi connectivity index (χ2n) is 4.74. The highest BCUT2D eigenvalue weighted by Crippen LogP contribution is 2.17. The van der Waals surface area contributed by atoms with Crippen LogP contribution in [0.1, 0.15) is 17.2 Å². The summed E-state index contributed by atoms with van der Waals surface area (Å²) >= 11 is 0. The van der Waals surface area contributed by atoms with Gasteiger partial charge in [0.25, 0.3) is 0 Å². The molecule has 0 bridgehead atoms. The second-order valence-corrected chi connectivity index (χ2v) is 6.12. The van der Waals surface area contributed by atoms with Gasteiger partial charge in [-0.3, -0.25) is 4.21 Å². The number of hydrogen-bond donors (Lipinski definition) is 2. The van der Waals surface area contributed by atoms with Gasteiger partial charge in [-0.15, -0.1) is 0 Å². The van der Waals surface area contributed by atoms with Crippen LogP contribution in [-0.2, 0) is 17.3 Å². The lowest BCUT2D eigenvalue weighted by atomic mass is 10.1. The van der Waals surface area contributed by atoms with E-state index >= 15 is 0 Å². The van der Waals surface area contributed by atoms with E-state index in [1.807, 2.05) is 24.3 Å². The van der Waals surface area contributed by atoms with Crippen molar-refractivity contribution in [1.29, 1.82) is 0 Å². The third-order valence-electron chi connectivity index (χ3n) is 3.27. The fourth-order valence-electron chi connectivity index (χ4n) is 2.07. The molecule has 0 saturated heterocycles. The van der Waals surface area contributed by atoms with Crippen LogP contribution in [0.5, 0.6) is 0 Å². The molecule has 112 valence electrons. The summed E-state index contributed by atoms with van der Waals surface area (Å²) in [4.78, 5) is 0.770. The minimum absolute atomic E-state index is 0.183. The molecule has 0 aliphatic heterocycles. The van der Waals surface area contributed by atoms with E-state index in [1.54, 1.807) is 24.5 Å². The van der Waals surface area contributed by atoms with Crippen molar-refractivity contribution in [3.8, 4) is 0 Å². The quantitative estimate of drug-likeness (QED) is 0.861. The number of aliphatic hydroxyl groups excluding tert-OH is 1. The summed E-state index contributed by atoms with van der Waals surface area (Å²) in [6, 6.07) is 13.3. The molecule has 21 heavy (non-hydrogen) atoms. The van der Waals surface area contributed by atoms with Gasteiger partial charge in [-0.2, -0.15) is 0 Å². The molecule has 0 spiro atoms. The van der Waals surface area contributed by atoms with Crippen molar-refractivity contribution in [2.45, 2.75) is 17.5 Å². The molecule has 2 aromatic carbocycles. The maximum Gasteiger partial charge on any atom is 0.128 e. The predicted octanol–water partition coefficient (Wildman–Crippen LogP) is 2.39. The lowest BCUT2D eigenvalue weighted by Gasteiger charge is -2.17. The normalized spacial score (nSPS) is 13.9. The molecule has 2 N–H and O–H groups in total. The fraction of sp³-hybridized carbons (Fsp3) is 0.250. The third kappa shape index (κ3) is 4.20. The van der Waals surface area contributed by atoms with E-state index in [0.717, 1.165) is 10.5 Å². The van der Waals surface area contributed by atoms with Gasteiger partial charge in [0.2, 0.25) is 0 Å². The molecule has 0 aromatic heterocycles. The van der Waals surface area contributed by atoms with Crippen LogP contribution >= 0.6 is 0 Å². The zero-order valence-corrected chi connectivity index (χ0v) is 12.6. The monoisotopic (exact) mass is 307 g/mol. The number of aliphatic hydroxyl groups is 1. The number of hydrogen-bond acceptors (Lipinski definition) is 3. The molecule has 0 amide bonds. The average molecular weight is 307 g/mol. The van der Waals surface area contributed by atoms with Gasteiger partial charge in [0.1, 0.15) is 5.82 Å². The molecule has 3 nitrogen and oxygen atoms in total. The van der Waals surface area contributed by atoms with E-state index in [-0.39, 0.29) is 12.4 Å². The Morgan fingerprint density at radius 1 is 1.19 bits per heavy atom. The standard InChI is InChI=1S/C16H18FNO2S/c1-21(20)13-8-6-12(7-9-13)10-18-16(11-19)14-4-2-3-5-15(14)17/h2-9,16,18-19H,10-11H2,1H3/t16-,21+/m0/s1. The van der Waals surface area contributed by atoms with Crippen molar-refractivity contribution >= 4 is 10.8 Å². The van der Waals surface area contributed by atoms with Gasteiger partial charge in [0.15, 0.2) is 0 Å². The summed E-state index contributed by atoms with van der Waals surface area (Å²) in [5.41, 5.74) is 1.44. The van der Waals surface area contributed by atoms with Crippen LogP contribution < -0.4 is 5.32 Å². The van der Waals surface area contributed by atoms with Crippen molar-refractivity contribution in [2.24, 2.45) is 0 Å². The first-order chi connectivity index (χ1) is 10.1. The molecular weight excluding hydrogens is 289 g/mol. The Balaban J connectivity index is 2.03. The van der Waals surface area contributed by atoms with Gasteiger partial charge in [-0.25, -0.2) is 4.39 Å². The van der Waals surface area contributed by atoms with E-state index in [0.29, 0.717) is 12.1 Å². The molecule has 0 aliphatic rings. The molecule has 2 aromatic rings. The van der Waals surface area contributed by atoms with E-state index in [1.165, 1.54) is 6.07 Å². The van der Waals surface area contributed by atoms with Crippen LogP contribution in [-0.4, -0.2) is 22.2 Å². The molecule has 0 heterocycles. The van der Waals surface area contributed by atoms with Gasteiger partial charge in [0.05, 0.1) is 12.6 Å². The van der Waals surface area contributed by atoms with E-state index < -0.39 is 16.8 Å². The first-order valence-electron chi connectivity index (χ1n) is 6.63. The highest BCUT2D eigenvalue weighted by atomic mass is 32.2. The molecule has 0 saturated carbocycles. The number of rotatable bonds is 6. The van der Waals surface area contributed by atoms with Crippen LogP contribution in [0.25, 0.3) is 0 Å². The zero-order chi connectivity index (χ0) is 15.2. The van der Waals surface area contributed by atoms with Crippen molar-refractivity contribution in [3.63, 3.8) is 0 Å². The summed E-state index contributed by atoms with van der Waals surface area (Å²) in [7, 11) is -0.994. The first kappa shape index (κ1) is 15.8. The Morgan fingerprint density at radius 3 is 2.43 bits per heavy atom. The Hall–Kier alpha value is -1.56. The van der Waals surface area contributed by atoms with Crippen molar-refractivity contribution in [1.82, 2.24) is 5.32 Å². The van der Waals surface area contributed by atoms with Crippen molar-refractivity contribution in [2.75, 3.05) is 12.9 Å². The van der Waals surface area contributed by atoms with Gasteiger partial charge in [0, 0.05) is 34.1 Å². The lowest BCUT2D eigenvalue weighted by Crippen LogP contribution is -2.24. The summed E-state index contributed by atoms with van der Waals surface area (Å²) in [5.74, 6) is -0.333. The highest BCUT2D eigenvalue weighted by molar-refractivity contribution is 7.84. The summed E-state index contributed by atoms with van der Waals surface area (Å²) < 4.78 is 25.0. The Labute approximate surface area is 126 Å². The van der Waals surface area contributed by atoms with E-state index in [2.05, 4.69) is 5.32 Å². The first-order valence-corrected chi connectivity index (χ1v) is 8.18. The average Bonchev–Trinajstić information content (AvgIpc) is 2.50. The molecule has 0 radical (unpaired) electrons. The van der Waals surface area contributed by atoms with Gasteiger partial charge in [-0.1, -0.05) is 30.3 Å². The summed E-state index contributed by atoms with van der Waals surface area (Å²) in [6.45, 7) is 0.314. The molecular formula is C16H18FNO2S. The highest BCUT2D eigenvalue weighted by Gasteiger charge is 2.13. The zero-order valence-electron chi connectivity index (χ0n) is 11.8. The molecule has 2 atom stereocenters. The van der Waals surface area contributed by atoms with Crippen LogP contribution in [0.3, 0.4) is 0 Å². The molecule has 0 unspecified atom stereocenters. The summed E-state index contributed by atoms with van der Waals surface area (Å²) in [5, 5.41) is 12.6. The van der Waals surface area contributed by atoms with Crippen LogP contribution in [0.4, 0.5) is 4.39 Å². The lowest BCUT2D eigenvalue weighted by molar-refractivity contribution is 0.240. The molecule has 5 heteroatoms. The van der Waals surface area contributed by atoms with Crippen LogP contribution in [0, 0.1) is 5.82 Å². The maximum absolute atomic E-state index is 13.7.